The number of aromatic nitrogens is 5. The largest absolute Gasteiger partial charge is 0.309 e. The van der Waals surface area contributed by atoms with Gasteiger partial charge in [0.15, 0.2) is 17.3 Å². The number of rotatable bonds is 6. The molecule has 0 atom stereocenters. The van der Waals surface area contributed by atoms with E-state index >= 15 is 0 Å². The topological polar surface area (TPSA) is 52.9 Å². The molecule has 11 aromatic rings. The molecule has 8 aromatic carbocycles. The fourth-order valence-corrected chi connectivity index (χ4v) is 8.85. The maximum Gasteiger partial charge on any atom is 0.238 e. The molecule has 0 bridgehead atoms. The molecule has 0 fully saturated rings. The first kappa shape index (κ1) is 36.9. The predicted octanol–water partition coefficient (Wildman–Crippen LogP) is 14.6. The van der Waals surface area contributed by atoms with E-state index in [0.717, 1.165) is 82.7 Å². The van der Waals surface area contributed by atoms with Crippen molar-refractivity contribution in [3.05, 3.63) is 205 Å². The van der Waals surface area contributed by atoms with Crippen molar-refractivity contribution in [1.82, 2.24) is 24.1 Å². The van der Waals surface area contributed by atoms with Crippen molar-refractivity contribution in [1.29, 1.82) is 0 Å². The van der Waals surface area contributed by atoms with Crippen molar-refractivity contribution in [2.75, 3.05) is 0 Å². The van der Waals surface area contributed by atoms with E-state index in [-0.39, 0.29) is 5.41 Å². The first-order valence-corrected chi connectivity index (χ1v) is 20.9. The molecule has 6 heteroatoms. The summed E-state index contributed by atoms with van der Waals surface area (Å²) in [6.45, 7) is 14.8. The van der Waals surface area contributed by atoms with E-state index in [9.17, 15) is 0 Å². The highest BCUT2D eigenvalue weighted by Crippen LogP contribution is 2.41. The van der Waals surface area contributed by atoms with Crippen LogP contribution in [0.2, 0.25) is 0 Å². The van der Waals surface area contributed by atoms with Crippen LogP contribution in [0.25, 0.3) is 105 Å². The second kappa shape index (κ2) is 14.5. The maximum absolute atomic E-state index is 8.18. The van der Waals surface area contributed by atoms with Gasteiger partial charge in [0.05, 0.1) is 34.3 Å². The Bertz CT molecular complexity index is 3420. The van der Waals surface area contributed by atoms with Crippen LogP contribution in [0.15, 0.2) is 188 Å². The molecule has 3 heterocycles. The van der Waals surface area contributed by atoms with Crippen LogP contribution in [-0.4, -0.2) is 24.1 Å². The van der Waals surface area contributed by atoms with E-state index < -0.39 is 0 Å². The Hall–Kier alpha value is -8.14. The Labute approximate surface area is 359 Å². The van der Waals surface area contributed by atoms with Gasteiger partial charge in [0.25, 0.3) is 0 Å². The molecular formula is C56H40N6. The van der Waals surface area contributed by atoms with Crippen LogP contribution in [0.1, 0.15) is 26.3 Å². The molecule has 0 saturated heterocycles. The van der Waals surface area contributed by atoms with Crippen LogP contribution in [-0.2, 0) is 5.41 Å². The Balaban J connectivity index is 1.21. The van der Waals surface area contributed by atoms with Gasteiger partial charge in [-0.3, -0.25) is 4.57 Å². The average molecular weight is 797 g/mol. The number of hydrogen-bond donors (Lipinski definition) is 0. The van der Waals surface area contributed by atoms with Gasteiger partial charge < -0.3 is 4.57 Å². The van der Waals surface area contributed by atoms with Gasteiger partial charge in [-0.2, -0.15) is 9.97 Å². The lowest BCUT2D eigenvalue weighted by Gasteiger charge is -2.20. The third-order valence-electron chi connectivity index (χ3n) is 12.0. The van der Waals surface area contributed by atoms with E-state index in [1.54, 1.807) is 0 Å². The van der Waals surface area contributed by atoms with E-state index in [1.165, 1.54) is 5.56 Å². The summed E-state index contributed by atoms with van der Waals surface area (Å²) in [6.07, 6.45) is 0. The van der Waals surface area contributed by atoms with Gasteiger partial charge in [-0.15, -0.1) is 0 Å². The van der Waals surface area contributed by atoms with Crippen LogP contribution in [0.5, 0.6) is 0 Å². The lowest BCUT2D eigenvalue weighted by molar-refractivity contribution is 0.590. The van der Waals surface area contributed by atoms with Crippen LogP contribution < -0.4 is 0 Å². The van der Waals surface area contributed by atoms with E-state index in [2.05, 4.69) is 205 Å². The number of fused-ring (bicyclic) bond motifs is 6. The smallest absolute Gasteiger partial charge is 0.238 e. The van der Waals surface area contributed by atoms with Gasteiger partial charge in [0.2, 0.25) is 5.95 Å². The molecule has 6 nitrogen and oxygen atoms in total. The fraction of sp³-hybridized carbons (Fsp3) is 0.0714. The molecule has 0 aliphatic carbocycles. The minimum Gasteiger partial charge on any atom is -0.309 e. The molecule has 0 radical (unpaired) electrons. The predicted molar refractivity (Wildman–Crippen MR) is 255 cm³/mol. The van der Waals surface area contributed by atoms with Gasteiger partial charge in [-0.25, -0.2) is 9.83 Å². The standard InChI is InChI=1S/C56H40N6/c1-56(2,3)41-21-15-20-40(32-41)53-58-54(60-55(59-53)62-48-24-13-11-22-43(48)44-23-12-14-25-49(44)62)47-35-42(57-4)28-31-52(47)61-50-29-26-38(36-16-7-5-8-17-36)33-45(50)46-34-39(27-30-51(46)61)37-18-9-6-10-19-37/h5-35H,1-3H3. The lowest BCUT2D eigenvalue weighted by atomic mass is 9.86. The number of para-hydroxylation sites is 2. The van der Waals surface area contributed by atoms with Crippen molar-refractivity contribution in [3.63, 3.8) is 0 Å². The summed E-state index contributed by atoms with van der Waals surface area (Å²) in [7, 11) is 0. The van der Waals surface area contributed by atoms with Gasteiger partial charge in [-0.05, 0) is 87.8 Å². The average Bonchev–Trinajstić information content (AvgIpc) is 3.83. The quantitative estimate of drug-likeness (QED) is 0.158. The third kappa shape index (κ3) is 6.22. The molecule has 0 N–H and O–H groups in total. The molecule has 0 unspecified atom stereocenters. The minimum atomic E-state index is -0.0873. The van der Waals surface area contributed by atoms with Gasteiger partial charge in [0.1, 0.15) is 0 Å². The normalized spacial score (nSPS) is 11.8. The van der Waals surface area contributed by atoms with E-state index in [0.29, 0.717) is 23.3 Å². The van der Waals surface area contributed by atoms with Crippen LogP contribution in [0.4, 0.5) is 5.69 Å². The maximum atomic E-state index is 8.18. The van der Waals surface area contributed by atoms with E-state index in [4.69, 9.17) is 21.5 Å². The highest BCUT2D eigenvalue weighted by atomic mass is 15.2. The molecule has 0 spiro atoms. The molecule has 0 amide bonds. The van der Waals surface area contributed by atoms with E-state index in [1.807, 2.05) is 18.2 Å². The summed E-state index contributed by atoms with van der Waals surface area (Å²) in [4.78, 5) is 19.9. The highest BCUT2D eigenvalue weighted by molar-refractivity contribution is 6.12. The number of hydrogen-bond acceptors (Lipinski definition) is 3. The van der Waals surface area contributed by atoms with Gasteiger partial charge in [-0.1, -0.05) is 154 Å². The first-order valence-electron chi connectivity index (χ1n) is 20.9. The summed E-state index contributed by atoms with van der Waals surface area (Å²) in [5.41, 5.74) is 12.8. The number of nitrogens with zero attached hydrogens (tertiary/aromatic N) is 6. The molecular weight excluding hydrogens is 757 g/mol. The molecule has 3 aromatic heterocycles. The number of benzene rings is 8. The van der Waals surface area contributed by atoms with Gasteiger partial charge in [0, 0.05) is 32.7 Å². The Morgan fingerprint density at radius 3 is 1.53 bits per heavy atom. The SMILES string of the molecule is [C-]#[N+]c1ccc(-n2c3ccc(-c4ccccc4)cc3c3cc(-c4ccccc4)ccc32)c(-c2nc(-c3cccc(C(C)(C)C)c3)nc(-n3c4ccccc4c4ccccc43)n2)c1. The van der Waals surface area contributed by atoms with Crippen molar-refractivity contribution >= 4 is 49.3 Å². The molecule has 0 aliphatic rings. The molecule has 0 aliphatic heterocycles. The van der Waals surface area contributed by atoms with Gasteiger partial charge >= 0.3 is 0 Å². The van der Waals surface area contributed by atoms with Crippen LogP contribution >= 0.6 is 0 Å². The zero-order valence-corrected chi connectivity index (χ0v) is 34.6. The zero-order valence-electron chi connectivity index (χ0n) is 34.6. The third-order valence-corrected chi connectivity index (χ3v) is 12.0. The van der Waals surface area contributed by atoms with Crippen molar-refractivity contribution in [2.24, 2.45) is 0 Å². The molecule has 11 rings (SSSR count). The molecule has 294 valence electrons. The Morgan fingerprint density at radius 1 is 0.419 bits per heavy atom. The summed E-state index contributed by atoms with van der Waals surface area (Å²) in [5, 5.41) is 4.49. The zero-order chi connectivity index (χ0) is 42.0. The monoisotopic (exact) mass is 796 g/mol. The summed E-state index contributed by atoms with van der Waals surface area (Å²) >= 11 is 0. The summed E-state index contributed by atoms with van der Waals surface area (Å²) in [6, 6.07) is 65.6. The van der Waals surface area contributed by atoms with Crippen LogP contribution in [0.3, 0.4) is 0 Å². The summed E-state index contributed by atoms with van der Waals surface area (Å²) < 4.78 is 4.45. The molecule has 0 saturated carbocycles. The Morgan fingerprint density at radius 2 is 0.952 bits per heavy atom. The second-order valence-corrected chi connectivity index (χ2v) is 16.8. The minimum absolute atomic E-state index is 0.0873. The fourth-order valence-electron chi connectivity index (χ4n) is 8.85. The first-order chi connectivity index (χ1) is 30.3. The Kier molecular flexibility index (Phi) is 8.66. The van der Waals surface area contributed by atoms with Crippen LogP contribution in [0, 0.1) is 6.57 Å². The van der Waals surface area contributed by atoms with Crippen molar-refractivity contribution in [3.8, 4) is 56.7 Å². The molecule has 62 heavy (non-hydrogen) atoms. The second-order valence-electron chi connectivity index (χ2n) is 16.8. The summed E-state index contributed by atoms with van der Waals surface area (Å²) in [5.74, 6) is 1.54. The van der Waals surface area contributed by atoms with Crippen molar-refractivity contribution in [2.45, 2.75) is 26.2 Å². The lowest BCUT2D eigenvalue weighted by Crippen LogP contribution is -2.11. The highest BCUT2D eigenvalue weighted by Gasteiger charge is 2.23. The van der Waals surface area contributed by atoms with Crippen molar-refractivity contribution < 1.29 is 0 Å².